The predicted molar refractivity (Wildman–Crippen MR) is 105 cm³/mol. The van der Waals surface area contributed by atoms with Crippen molar-refractivity contribution in [1.29, 1.82) is 0 Å². The number of aromatic nitrogens is 5. The third-order valence-electron chi connectivity index (χ3n) is 4.52. The lowest BCUT2D eigenvalue weighted by molar-refractivity contribution is -0.119. The highest BCUT2D eigenvalue weighted by Gasteiger charge is 2.24. The van der Waals surface area contributed by atoms with E-state index in [2.05, 4.69) is 49.2 Å². The Bertz CT molecular complexity index is 950. The molecule has 0 saturated heterocycles. The lowest BCUT2D eigenvalue weighted by Gasteiger charge is -2.15. The van der Waals surface area contributed by atoms with Crippen molar-refractivity contribution in [3.63, 3.8) is 0 Å². The zero-order valence-corrected chi connectivity index (χ0v) is 16.7. The first-order chi connectivity index (χ1) is 12.7. The summed E-state index contributed by atoms with van der Waals surface area (Å²) in [6, 6.07) is 7.64. The number of anilines is 1. The second-order valence-electron chi connectivity index (χ2n) is 7.91. The van der Waals surface area contributed by atoms with E-state index < -0.39 is 6.04 Å². The van der Waals surface area contributed by atoms with E-state index >= 15 is 0 Å². The van der Waals surface area contributed by atoms with Gasteiger partial charge in [0, 0.05) is 11.5 Å². The minimum atomic E-state index is -0.479. The fourth-order valence-corrected chi connectivity index (χ4v) is 2.83. The van der Waals surface area contributed by atoms with Crippen LogP contribution in [0.3, 0.4) is 0 Å². The van der Waals surface area contributed by atoms with Crippen molar-refractivity contribution < 1.29 is 4.79 Å². The van der Waals surface area contributed by atoms with Crippen LogP contribution >= 0.6 is 0 Å². The van der Waals surface area contributed by atoms with E-state index in [-0.39, 0.29) is 11.3 Å². The zero-order valence-electron chi connectivity index (χ0n) is 16.7. The maximum Gasteiger partial charge on any atom is 0.250 e. The molecule has 0 aliphatic rings. The number of hydrogen-bond acceptors (Lipinski definition) is 4. The summed E-state index contributed by atoms with van der Waals surface area (Å²) in [6.07, 6.45) is 2.95. The maximum atomic E-state index is 12.8. The Hall–Kier alpha value is -2.96. The van der Waals surface area contributed by atoms with Gasteiger partial charge in [0.25, 0.3) is 0 Å². The van der Waals surface area contributed by atoms with Crippen molar-refractivity contribution in [3.05, 3.63) is 53.7 Å². The third-order valence-corrected chi connectivity index (χ3v) is 4.52. The lowest BCUT2D eigenvalue weighted by atomic mass is 9.92. The quantitative estimate of drug-likeness (QED) is 0.765. The van der Waals surface area contributed by atoms with Gasteiger partial charge in [-0.2, -0.15) is 10.2 Å². The monoisotopic (exact) mass is 366 g/mol. The van der Waals surface area contributed by atoms with Crippen LogP contribution in [0.4, 0.5) is 5.82 Å². The van der Waals surface area contributed by atoms with E-state index in [4.69, 9.17) is 5.10 Å². The van der Waals surface area contributed by atoms with E-state index in [1.807, 2.05) is 25.1 Å². The van der Waals surface area contributed by atoms with Gasteiger partial charge in [0.1, 0.15) is 24.5 Å². The molecule has 3 aromatic rings. The van der Waals surface area contributed by atoms with Gasteiger partial charge in [0.05, 0.1) is 11.4 Å². The molecule has 0 radical (unpaired) electrons. The molecule has 142 valence electrons. The number of nitrogens with zero attached hydrogens (tertiary/aromatic N) is 5. The van der Waals surface area contributed by atoms with Crippen LogP contribution in [0, 0.1) is 13.8 Å². The largest absolute Gasteiger partial charge is 0.309 e. The molecule has 1 amide bonds. The highest BCUT2D eigenvalue weighted by molar-refractivity contribution is 5.93. The Labute approximate surface area is 159 Å². The minimum absolute atomic E-state index is 0.138. The normalized spacial score (nSPS) is 12.8. The molecule has 1 N–H and O–H groups in total. The Balaban J connectivity index is 2.00. The number of aryl methyl sites for hydroxylation is 2. The molecule has 7 nitrogen and oxygen atoms in total. The van der Waals surface area contributed by atoms with Gasteiger partial charge in [0.2, 0.25) is 5.91 Å². The van der Waals surface area contributed by atoms with Crippen LogP contribution < -0.4 is 5.32 Å². The van der Waals surface area contributed by atoms with Gasteiger partial charge in [-0.3, -0.25) is 4.79 Å². The highest BCUT2D eigenvalue weighted by atomic mass is 16.2. The van der Waals surface area contributed by atoms with Gasteiger partial charge in [-0.1, -0.05) is 38.5 Å². The predicted octanol–water partition coefficient (Wildman–Crippen LogP) is 3.58. The third kappa shape index (κ3) is 3.92. The summed E-state index contributed by atoms with van der Waals surface area (Å²) in [7, 11) is 0. The Morgan fingerprint density at radius 2 is 1.93 bits per heavy atom. The van der Waals surface area contributed by atoms with Gasteiger partial charge in [0.15, 0.2) is 0 Å². The van der Waals surface area contributed by atoms with Gasteiger partial charge < -0.3 is 5.32 Å². The summed E-state index contributed by atoms with van der Waals surface area (Å²) in [4.78, 5) is 16.7. The van der Waals surface area contributed by atoms with E-state index in [0.29, 0.717) is 5.82 Å². The fourth-order valence-electron chi connectivity index (χ4n) is 2.83. The molecule has 1 atom stereocenters. The number of carbonyl (C=O) groups excluding carboxylic acids is 1. The molecular weight excluding hydrogens is 340 g/mol. The lowest BCUT2D eigenvalue weighted by Crippen LogP contribution is -2.25. The van der Waals surface area contributed by atoms with Gasteiger partial charge in [-0.05, 0) is 32.4 Å². The van der Waals surface area contributed by atoms with E-state index in [1.54, 1.807) is 11.6 Å². The maximum absolute atomic E-state index is 12.8. The molecular formula is C20H26N6O. The molecule has 2 aromatic heterocycles. The van der Waals surface area contributed by atoms with E-state index in [0.717, 1.165) is 16.9 Å². The summed E-state index contributed by atoms with van der Waals surface area (Å²) in [6.45, 7) is 12.2. The van der Waals surface area contributed by atoms with Gasteiger partial charge in [-0.25, -0.2) is 14.3 Å². The fraction of sp³-hybridized carbons (Fsp3) is 0.400. The summed E-state index contributed by atoms with van der Waals surface area (Å²) in [5.41, 5.74) is 4.00. The molecule has 1 unspecified atom stereocenters. The summed E-state index contributed by atoms with van der Waals surface area (Å²) in [5, 5.41) is 11.8. The number of hydrogen-bond donors (Lipinski definition) is 1. The second kappa shape index (κ2) is 6.98. The summed E-state index contributed by atoms with van der Waals surface area (Å²) in [5.74, 6) is 0.468. The molecule has 2 heterocycles. The van der Waals surface area contributed by atoms with E-state index in [1.165, 1.54) is 22.9 Å². The summed E-state index contributed by atoms with van der Waals surface area (Å²) < 4.78 is 3.33. The molecule has 0 spiro atoms. The first kappa shape index (κ1) is 18.8. The van der Waals surface area contributed by atoms with Crippen LogP contribution in [0.5, 0.6) is 0 Å². The van der Waals surface area contributed by atoms with Crippen LogP contribution in [-0.4, -0.2) is 30.5 Å². The SMILES string of the molecule is Cc1ccc(-n2nc(C(C)(C)C)cc2NC(=O)C(C)n2cncn2)c(C)c1. The number of benzene rings is 1. The first-order valence-electron chi connectivity index (χ1n) is 9.00. The molecule has 0 aliphatic carbocycles. The van der Waals surface area contributed by atoms with Crippen molar-refractivity contribution in [1.82, 2.24) is 24.5 Å². The van der Waals surface area contributed by atoms with Crippen molar-refractivity contribution in [3.8, 4) is 5.69 Å². The molecule has 0 aliphatic heterocycles. The Kier molecular flexibility index (Phi) is 4.87. The minimum Gasteiger partial charge on any atom is -0.309 e. The molecule has 0 bridgehead atoms. The van der Waals surface area contributed by atoms with E-state index in [9.17, 15) is 4.79 Å². The van der Waals surface area contributed by atoms with Crippen molar-refractivity contribution in [2.45, 2.75) is 53.0 Å². The van der Waals surface area contributed by atoms with Crippen LogP contribution in [0.2, 0.25) is 0 Å². The molecule has 7 heteroatoms. The van der Waals surface area contributed by atoms with Crippen molar-refractivity contribution in [2.24, 2.45) is 0 Å². The average Bonchev–Trinajstić information content (AvgIpc) is 3.23. The molecule has 0 fully saturated rings. The number of amides is 1. The van der Waals surface area contributed by atoms with Crippen LogP contribution in [-0.2, 0) is 10.2 Å². The second-order valence-corrected chi connectivity index (χ2v) is 7.91. The summed E-state index contributed by atoms with van der Waals surface area (Å²) >= 11 is 0. The molecule has 3 rings (SSSR count). The first-order valence-corrected chi connectivity index (χ1v) is 9.00. The smallest absolute Gasteiger partial charge is 0.250 e. The number of nitrogens with one attached hydrogen (secondary N) is 1. The molecule has 1 aromatic carbocycles. The standard InChI is InChI=1S/C20H26N6O/c1-13-7-8-16(14(2)9-13)26-18(10-17(24-26)20(4,5)6)23-19(27)15(3)25-12-21-11-22-25/h7-12,15H,1-6H3,(H,23,27). The Morgan fingerprint density at radius 1 is 1.19 bits per heavy atom. The van der Waals surface area contributed by atoms with Crippen molar-refractivity contribution >= 4 is 11.7 Å². The molecule has 0 saturated carbocycles. The average molecular weight is 366 g/mol. The highest BCUT2D eigenvalue weighted by Crippen LogP contribution is 2.28. The van der Waals surface area contributed by atoms with Crippen LogP contribution in [0.15, 0.2) is 36.9 Å². The van der Waals surface area contributed by atoms with Gasteiger partial charge >= 0.3 is 0 Å². The topological polar surface area (TPSA) is 77.6 Å². The Morgan fingerprint density at radius 3 is 2.52 bits per heavy atom. The number of rotatable bonds is 4. The van der Waals surface area contributed by atoms with Crippen LogP contribution in [0.1, 0.15) is 50.6 Å². The zero-order chi connectivity index (χ0) is 19.8. The van der Waals surface area contributed by atoms with Crippen molar-refractivity contribution in [2.75, 3.05) is 5.32 Å². The molecule has 27 heavy (non-hydrogen) atoms. The van der Waals surface area contributed by atoms with Gasteiger partial charge in [-0.15, -0.1) is 0 Å². The van der Waals surface area contributed by atoms with Crippen LogP contribution in [0.25, 0.3) is 5.69 Å². The number of carbonyl (C=O) groups is 1.